The molecule has 0 aromatic rings. The molecule has 116 valence electrons. The van der Waals surface area contributed by atoms with Crippen LogP contribution in [-0.2, 0) is 9.59 Å². The summed E-state index contributed by atoms with van der Waals surface area (Å²) in [4.78, 5) is 23.3. The van der Waals surface area contributed by atoms with Gasteiger partial charge >= 0.3 is 0 Å². The van der Waals surface area contributed by atoms with Crippen LogP contribution in [0, 0.1) is 5.41 Å². The molecule has 1 fully saturated rings. The van der Waals surface area contributed by atoms with Crippen LogP contribution in [0.4, 0.5) is 0 Å². The Bertz CT molecular complexity index is 342. The van der Waals surface area contributed by atoms with Gasteiger partial charge in [0.05, 0.1) is 5.60 Å². The average Bonchev–Trinajstić information content (AvgIpc) is 2.36. The first-order valence-electron chi connectivity index (χ1n) is 7.50. The fourth-order valence-corrected chi connectivity index (χ4v) is 2.29. The number of nitrogens with one attached hydrogen (secondary N) is 2. The van der Waals surface area contributed by atoms with Crippen molar-refractivity contribution in [2.45, 2.75) is 64.9 Å². The minimum atomic E-state index is -0.734. The summed E-state index contributed by atoms with van der Waals surface area (Å²) >= 11 is 0. The molecule has 0 bridgehead atoms. The van der Waals surface area contributed by atoms with E-state index in [1.807, 2.05) is 20.8 Å². The fraction of sp³-hybridized carbons (Fsp3) is 0.867. The summed E-state index contributed by atoms with van der Waals surface area (Å²) in [5, 5.41) is 15.8. The van der Waals surface area contributed by atoms with Crippen molar-refractivity contribution in [2.75, 3.05) is 13.1 Å². The van der Waals surface area contributed by atoms with E-state index < -0.39 is 11.0 Å². The molecule has 2 amide bonds. The monoisotopic (exact) mass is 284 g/mol. The largest absolute Gasteiger partial charge is 0.388 e. The van der Waals surface area contributed by atoms with Crippen molar-refractivity contribution in [1.29, 1.82) is 0 Å². The van der Waals surface area contributed by atoms with Crippen molar-refractivity contribution in [3.8, 4) is 0 Å². The molecule has 0 atom stereocenters. The third-order valence-electron chi connectivity index (χ3n) is 3.72. The van der Waals surface area contributed by atoms with Gasteiger partial charge in [-0.3, -0.25) is 9.59 Å². The van der Waals surface area contributed by atoms with Gasteiger partial charge in [-0.25, -0.2) is 0 Å². The van der Waals surface area contributed by atoms with Crippen molar-refractivity contribution < 1.29 is 14.7 Å². The van der Waals surface area contributed by atoms with Crippen molar-refractivity contribution in [3.63, 3.8) is 0 Å². The SMILES string of the molecule is CC(C)(C)C(=O)NCCC(=O)NCC1(O)CCCCC1. The highest BCUT2D eigenvalue weighted by Crippen LogP contribution is 2.27. The summed E-state index contributed by atoms with van der Waals surface area (Å²) in [5.41, 5.74) is -1.17. The lowest BCUT2D eigenvalue weighted by Crippen LogP contribution is -2.45. The molecular weight excluding hydrogens is 256 g/mol. The first kappa shape index (κ1) is 17.0. The van der Waals surface area contributed by atoms with Crippen LogP contribution in [0.2, 0.25) is 0 Å². The maximum absolute atomic E-state index is 11.7. The summed E-state index contributed by atoms with van der Waals surface area (Å²) in [7, 11) is 0. The van der Waals surface area contributed by atoms with Gasteiger partial charge in [0, 0.05) is 24.9 Å². The number of carbonyl (C=O) groups excluding carboxylic acids is 2. The van der Waals surface area contributed by atoms with E-state index in [1.165, 1.54) is 0 Å². The van der Waals surface area contributed by atoms with Crippen molar-refractivity contribution >= 4 is 11.8 Å². The Hall–Kier alpha value is -1.10. The minimum absolute atomic E-state index is 0.0591. The van der Waals surface area contributed by atoms with Gasteiger partial charge in [-0.2, -0.15) is 0 Å². The lowest BCUT2D eigenvalue weighted by atomic mass is 9.85. The molecule has 0 unspecified atom stereocenters. The quantitative estimate of drug-likeness (QED) is 0.713. The summed E-state index contributed by atoms with van der Waals surface area (Å²) < 4.78 is 0. The van der Waals surface area contributed by atoms with Gasteiger partial charge in [0.25, 0.3) is 0 Å². The van der Waals surface area contributed by atoms with Gasteiger partial charge in [0.2, 0.25) is 11.8 Å². The van der Waals surface area contributed by atoms with Crippen LogP contribution in [-0.4, -0.2) is 35.6 Å². The summed E-state index contributed by atoms with van der Waals surface area (Å²) in [6, 6.07) is 0. The van der Waals surface area contributed by atoms with Gasteiger partial charge in [0.15, 0.2) is 0 Å². The molecule has 0 aromatic carbocycles. The lowest BCUT2D eigenvalue weighted by molar-refractivity contribution is -0.128. The standard InChI is InChI=1S/C15H28N2O3/c1-14(2,3)13(19)16-10-7-12(18)17-11-15(20)8-5-4-6-9-15/h20H,4-11H2,1-3H3,(H,16,19)(H,17,18). The number of rotatable bonds is 5. The molecular formula is C15H28N2O3. The molecule has 0 aromatic heterocycles. The second-order valence-corrected chi connectivity index (χ2v) is 6.82. The Morgan fingerprint density at radius 2 is 1.70 bits per heavy atom. The molecule has 0 radical (unpaired) electrons. The molecule has 0 heterocycles. The maximum Gasteiger partial charge on any atom is 0.225 e. The Labute approximate surface area is 121 Å². The number of aliphatic hydroxyl groups is 1. The molecule has 1 rings (SSSR count). The van der Waals surface area contributed by atoms with Crippen LogP contribution < -0.4 is 10.6 Å². The van der Waals surface area contributed by atoms with E-state index in [0.29, 0.717) is 13.1 Å². The predicted molar refractivity (Wildman–Crippen MR) is 78.1 cm³/mol. The zero-order valence-corrected chi connectivity index (χ0v) is 12.9. The first-order chi connectivity index (χ1) is 9.23. The number of hydrogen-bond acceptors (Lipinski definition) is 3. The molecule has 1 aliphatic carbocycles. The summed E-state index contributed by atoms with van der Waals surface area (Å²) in [6.07, 6.45) is 4.97. The maximum atomic E-state index is 11.7. The Balaban J connectivity index is 2.19. The van der Waals surface area contributed by atoms with E-state index in [4.69, 9.17) is 0 Å². The highest BCUT2D eigenvalue weighted by Gasteiger charge is 2.29. The van der Waals surface area contributed by atoms with E-state index in [1.54, 1.807) is 0 Å². The summed E-state index contributed by atoms with van der Waals surface area (Å²) in [6.45, 7) is 6.16. The van der Waals surface area contributed by atoms with E-state index in [2.05, 4.69) is 10.6 Å². The molecule has 5 nitrogen and oxygen atoms in total. The first-order valence-corrected chi connectivity index (χ1v) is 7.50. The van der Waals surface area contributed by atoms with Crippen molar-refractivity contribution in [1.82, 2.24) is 10.6 Å². The molecule has 0 spiro atoms. The number of hydrogen-bond donors (Lipinski definition) is 3. The zero-order chi connectivity index (χ0) is 15.2. The van der Waals surface area contributed by atoms with Crippen LogP contribution >= 0.6 is 0 Å². The normalized spacial score (nSPS) is 18.4. The highest BCUT2D eigenvalue weighted by atomic mass is 16.3. The minimum Gasteiger partial charge on any atom is -0.388 e. The molecule has 0 saturated heterocycles. The molecule has 20 heavy (non-hydrogen) atoms. The Morgan fingerprint density at radius 1 is 1.10 bits per heavy atom. The zero-order valence-electron chi connectivity index (χ0n) is 12.9. The second-order valence-electron chi connectivity index (χ2n) is 6.82. The van der Waals surface area contributed by atoms with Crippen molar-refractivity contribution in [2.24, 2.45) is 5.41 Å². The van der Waals surface area contributed by atoms with Crippen molar-refractivity contribution in [3.05, 3.63) is 0 Å². The van der Waals surface area contributed by atoms with Gasteiger partial charge < -0.3 is 15.7 Å². The van der Waals surface area contributed by atoms with Crippen LogP contribution in [0.5, 0.6) is 0 Å². The van der Waals surface area contributed by atoms with Crippen LogP contribution in [0.15, 0.2) is 0 Å². The number of carbonyl (C=O) groups is 2. The third-order valence-corrected chi connectivity index (χ3v) is 3.72. The van der Waals surface area contributed by atoms with Crippen LogP contribution in [0.25, 0.3) is 0 Å². The lowest BCUT2D eigenvalue weighted by Gasteiger charge is -2.32. The van der Waals surface area contributed by atoms with E-state index in [9.17, 15) is 14.7 Å². The number of amides is 2. The van der Waals surface area contributed by atoms with Gasteiger partial charge in [-0.1, -0.05) is 40.0 Å². The van der Waals surface area contributed by atoms with Gasteiger partial charge in [0.1, 0.15) is 0 Å². The average molecular weight is 284 g/mol. The van der Waals surface area contributed by atoms with Crippen LogP contribution in [0.1, 0.15) is 59.3 Å². The van der Waals surface area contributed by atoms with Gasteiger partial charge in [-0.05, 0) is 12.8 Å². The van der Waals surface area contributed by atoms with E-state index in [-0.39, 0.29) is 18.2 Å². The Kier molecular flexibility index (Phi) is 5.99. The van der Waals surface area contributed by atoms with E-state index in [0.717, 1.165) is 32.1 Å². The molecule has 0 aliphatic heterocycles. The highest BCUT2D eigenvalue weighted by molar-refractivity contribution is 5.82. The smallest absolute Gasteiger partial charge is 0.225 e. The van der Waals surface area contributed by atoms with Crippen LogP contribution in [0.3, 0.4) is 0 Å². The Morgan fingerprint density at radius 3 is 2.25 bits per heavy atom. The predicted octanol–water partition coefficient (Wildman–Crippen LogP) is 1.35. The second kappa shape index (κ2) is 7.07. The van der Waals surface area contributed by atoms with E-state index >= 15 is 0 Å². The molecule has 5 heteroatoms. The molecule has 3 N–H and O–H groups in total. The fourth-order valence-electron chi connectivity index (χ4n) is 2.29. The molecule has 1 saturated carbocycles. The topological polar surface area (TPSA) is 78.4 Å². The van der Waals surface area contributed by atoms with Gasteiger partial charge in [-0.15, -0.1) is 0 Å². The third kappa shape index (κ3) is 5.90. The summed E-state index contributed by atoms with van der Waals surface area (Å²) in [5.74, 6) is -0.186. The molecule has 1 aliphatic rings.